The zero-order valence-electron chi connectivity index (χ0n) is 7.23. The molecule has 6 heteroatoms. The monoisotopic (exact) mass is 182 g/mol. The van der Waals surface area contributed by atoms with Gasteiger partial charge in [-0.2, -0.15) is 0 Å². The van der Waals surface area contributed by atoms with Crippen LogP contribution >= 0.6 is 0 Å². The number of hydrogen-bond donors (Lipinski definition) is 1. The van der Waals surface area contributed by atoms with Crippen LogP contribution in [0.3, 0.4) is 0 Å². The lowest BCUT2D eigenvalue weighted by Crippen LogP contribution is -2.22. The standard InChI is InChI=1S/C7H10N4O2/c1-2-3-5(12)11-4-9-10-7(11)6(8)13/h4H,2-3H2,1H3,(H2,8,13). The minimum absolute atomic E-state index is 0.113. The second-order valence-corrected chi connectivity index (χ2v) is 2.53. The van der Waals surface area contributed by atoms with Crippen LogP contribution in [0.1, 0.15) is 35.2 Å². The van der Waals surface area contributed by atoms with Gasteiger partial charge in [0.15, 0.2) is 0 Å². The van der Waals surface area contributed by atoms with Crippen LogP contribution in [-0.2, 0) is 0 Å². The summed E-state index contributed by atoms with van der Waals surface area (Å²) in [5.74, 6) is -1.08. The fourth-order valence-corrected chi connectivity index (χ4v) is 0.920. The summed E-state index contributed by atoms with van der Waals surface area (Å²) in [6.07, 6.45) is 2.24. The second kappa shape index (κ2) is 3.79. The Bertz CT molecular complexity index is 331. The van der Waals surface area contributed by atoms with Crippen molar-refractivity contribution in [3.8, 4) is 0 Å². The van der Waals surface area contributed by atoms with E-state index in [0.717, 1.165) is 4.57 Å². The first kappa shape index (κ1) is 9.37. The lowest BCUT2D eigenvalue weighted by Gasteiger charge is -1.99. The van der Waals surface area contributed by atoms with Crippen LogP contribution in [0.15, 0.2) is 6.33 Å². The minimum atomic E-state index is -0.748. The molecule has 1 rings (SSSR count). The highest BCUT2D eigenvalue weighted by Gasteiger charge is 2.14. The van der Waals surface area contributed by atoms with E-state index in [-0.39, 0.29) is 11.7 Å². The Hall–Kier alpha value is -1.72. The normalized spacial score (nSPS) is 9.92. The summed E-state index contributed by atoms with van der Waals surface area (Å²) in [5, 5.41) is 6.87. The van der Waals surface area contributed by atoms with E-state index in [1.54, 1.807) is 0 Å². The van der Waals surface area contributed by atoms with Gasteiger partial charge in [0.25, 0.3) is 5.91 Å². The molecule has 1 aromatic rings. The Kier molecular flexibility index (Phi) is 2.73. The van der Waals surface area contributed by atoms with Crippen molar-refractivity contribution in [2.75, 3.05) is 0 Å². The number of carbonyl (C=O) groups excluding carboxylic acids is 2. The first-order valence-corrected chi connectivity index (χ1v) is 3.89. The van der Waals surface area contributed by atoms with Crippen molar-refractivity contribution in [1.82, 2.24) is 14.8 Å². The third-order valence-corrected chi connectivity index (χ3v) is 1.50. The molecular formula is C7H10N4O2. The number of nitrogens with zero attached hydrogens (tertiary/aromatic N) is 3. The summed E-state index contributed by atoms with van der Waals surface area (Å²) >= 11 is 0. The smallest absolute Gasteiger partial charge is 0.287 e. The van der Waals surface area contributed by atoms with E-state index in [4.69, 9.17) is 5.73 Å². The summed E-state index contributed by atoms with van der Waals surface area (Å²) < 4.78 is 1.08. The third kappa shape index (κ3) is 1.90. The maximum atomic E-state index is 11.3. The molecule has 0 saturated heterocycles. The molecule has 2 N–H and O–H groups in total. The van der Waals surface area contributed by atoms with Crippen LogP contribution in [0.5, 0.6) is 0 Å². The van der Waals surface area contributed by atoms with Gasteiger partial charge in [-0.05, 0) is 6.42 Å². The molecule has 1 amide bonds. The van der Waals surface area contributed by atoms with Gasteiger partial charge in [0, 0.05) is 6.42 Å². The molecule has 6 nitrogen and oxygen atoms in total. The van der Waals surface area contributed by atoms with Crippen molar-refractivity contribution in [2.45, 2.75) is 19.8 Å². The van der Waals surface area contributed by atoms with E-state index in [1.165, 1.54) is 6.33 Å². The summed E-state index contributed by atoms with van der Waals surface area (Å²) in [7, 11) is 0. The SMILES string of the molecule is CCCC(=O)n1cnnc1C(N)=O. The molecule has 1 heterocycles. The Labute approximate surface area is 74.7 Å². The van der Waals surface area contributed by atoms with Gasteiger partial charge in [0.2, 0.25) is 11.7 Å². The summed E-state index contributed by atoms with van der Waals surface area (Å²) in [6, 6.07) is 0. The van der Waals surface area contributed by atoms with Gasteiger partial charge in [-0.25, -0.2) is 4.57 Å². The van der Waals surface area contributed by atoms with Gasteiger partial charge in [-0.1, -0.05) is 6.92 Å². The van der Waals surface area contributed by atoms with E-state index in [9.17, 15) is 9.59 Å². The molecule has 0 atom stereocenters. The number of nitrogens with two attached hydrogens (primary N) is 1. The maximum Gasteiger partial charge on any atom is 0.287 e. The molecule has 0 radical (unpaired) electrons. The van der Waals surface area contributed by atoms with E-state index in [1.807, 2.05) is 6.92 Å². The maximum absolute atomic E-state index is 11.3. The molecule has 0 aliphatic carbocycles. The lowest BCUT2D eigenvalue weighted by atomic mass is 10.3. The fraction of sp³-hybridized carbons (Fsp3) is 0.429. The molecular weight excluding hydrogens is 172 g/mol. The zero-order chi connectivity index (χ0) is 9.84. The molecule has 0 spiro atoms. The minimum Gasteiger partial charge on any atom is -0.363 e. The molecule has 70 valence electrons. The average Bonchev–Trinajstić information content (AvgIpc) is 2.52. The van der Waals surface area contributed by atoms with Crippen LogP contribution in [0, 0.1) is 0 Å². The van der Waals surface area contributed by atoms with Crippen molar-refractivity contribution >= 4 is 11.8 Å². The van der Waals surface area contributed by atoms with E-state index in [0.29, 0.717) is 12.8 Å². The number of amides is 1. The second-order valence-electron chi connectivity index (χ2n) is 2.53. The number of hydrogen-bond acceptors (Lipinski definition) is 4. The molecule has 13 heavy (non-hydrogen) atoms. The average molecular weight is 182 g/mol. The Balaban J connectivity index is 2.93. The van der Waals surface area contributed by atoms with Crippen LogP contribution in [0.2, 0.25) is 0 Å². The number of aromatic nitrogens is 3. The van der Waals surface area contributed by atoms with E-state index < -0.39 is 5.91 Å². The van der Waals surface area contributed by atoms with Crippen molar-refractivity contribution in [2.24, 2.45) is 5.73 Å². The zero-order valence-corrected chi connectivity index (χ0v) is 7.23. The quantitative estimate of drug-likeness (QED) is 0.701. The van der Waals surface area contributed by atoms with Gasteiger partial charge >= 0.3 is 0 Å². The van der Waals surface area contributed by atoms with Gasteiger partial charge < -0.3 is 5.73 Å². The molecule has 0 unspecified atom stereocenters. The highest BCUT2D eigenvalue weighted by molar-refractivity contribution is 5.93. The summed E-state index contributed by atoms with van der Waals surface area (Å²) in [5.41, 5.74) is 4.98. The predicted molar refractivity (Wildman–Crippen MR) is 44.1 cm³/mol. The first-order valence-electron chi connectivity index (χ1n) is 3.89. The first-order chi connectivity index (χ1) is 6.16. The Morgan fingerprint density at radius 3 is 2.85 bits per heavy atom. The molecule has 0 aliphatic rings. The third-order valence-electron chi connectivity index (χ3n) is 1.50. The van der Waals surface area contributed by atoms with Crippen molar-refractivity contribution in [3.63, 3.8) is 0 Å². The highest BCUT2D eigenvalue weighted by atomic mass is 16.2. The van der Waals surface area contributed by atoms with Gasteiger partial charge in [-0.3, -0.25) is 9.59 Å². The lowest BCUT2D eigenvalue weighted by molar-refractivity contribution is 0.0875. The van der Waals surface area contributed by atoms with Crippen LogP contribution in [0.25, 0.3) is 0 Å². The highest BCUT2D eigenvalue weighted by Crippen LogP contribution is 1.98. The molecule has 0 saturated carbocycles. The Morgan fingerprint density at radius 1 is 1.62 bits per heavy atom. The largest absolute Gasteiger partial charge is 0.363 e. The van der Waals surface area contributed by atoms with Crippen LogP contribution < -0.4 is 5.73 Å². The number of rotatable bonds is 3. The van der Waals surface area contributed by atoms with E-state index >= 15 is 0 Å². The summed E-state index contributed by atoms with van der Waals surface area (Å²) in [4.78, 5) is 22.0. The fourth-order valence-electron chi connectivity index (χ4n) is 0.920. The van der Waals surface area contributed by atoms with Gasteiger partial charge in [0.1, 0.15) is 6.33 Å². The molecule has 0 aliphatic heterocycles. The molecule has 0 fully saturated rings. The van der Waals surface area contributed by atoms with Crippen molar-refractivity contribution < 1.29 is 9.59 Å². The van der Waals surface area contributed by atoms with Gasteiger partial charge in [0.05, 0.1) is 0 Å². The van der Waals surface area contributed by atoms with Gasteiger partial charge in [-0.15, -0.1) is 10.2 Å². The van der Waals surface area contributed by atoms with E-state index in [2.05, 4.69) is 10.2 Å². The van der Waals surface area contributed by atoms with Crippen molar-refractivity contribution in [1.29, 1.82) is 0 Å². The molecule has 1 aromatic heterocycles. The predicted octanol–water partition coefficient (Wildman–Crippen LogP) is -0.183. The summed E-state index contributed by atoms with van der Waals surface area (Å²) in [6.45, 7) is 1.87. The van der Waals surface area contributed by atoms with Crippen LogP contribution in [0.4, 0.5) is 0 Å². The topological polar surface area (TPSA) is 90.9 Å². The number of primary amides is 1. The number of carbonyl (C=O) groups is 2. The molecule has 0 bridgehead atoms. The van der Waals surface area contributed by atoms with Crippen molar-refractivity contribution in [3.05, 3.63) is 12.2 Å². The van der Waals surface area contributed by atoms with Crippen LogP contribution in [-0.4, -0.2) is 26.6 Å². The molecule has 0 aromatic carbocycles. The Morgan fingerprint density at radius 2 is 2.31 bits per heavy atom.